The number of methoxy groups -OCH3 is 1. The minimum Gasteiger partial charge on any atom is -0.507 e. The first-order valence-corrected chi connectivity index (χ1v) is 13.3. The van der Waals surface area contributed by atoms with Gasteiger partial charge < -0.3 is 9.84 Å². The molecule has 0 spiro atoms. The number of hydrogen-bond acceptors (Lipinski definition) is 7. The van der Waals surface area contributed by atoms with Gasteiger partial charge in [-0.1, -0.05) is 55.8 Å². The molecule has 3 heterocycles. The Morgan fingerprint density at radius 3 is 2.58 bits per heavy atom. The van der Waals surface area contributed by atoms with E-state index in [1.807, 2.05) is 29.6 Å². The second-order valence-corrected chi connectivity index (χ2v) is 11.9. The van der Waals surface area contributed by atoms with Gasteiger partial charge in [-0.2, -0.15) is 0 Å². The Bertz CT molecular complexity index is 1530. The number of anilines is 1. The number of ether oxygens (including phenoxy) is 1. The Labute approximate surface area is 221 Å². The first-order chi connectivity index (χ1) is 17.1. The Kier molecular flexibility index (Phi) is 6.14. The van der Waals surface area contributed by atoms with E-state index in [9.17, 15) is 14.7 Å². The number of amides is 1. The monoisotopic (exact) mass is 538 g/mol. The Balaban J connectivity index is 1.73. The molecule has 1 aliphatic rings. The SMILES string of the molecule is COc1ccc(C(C)(C)C)cc1/C(O)=C1\C(=O)C(=O)N(c2nc3ccc(Cl)cc3s2)C1c1cccs1. The van der Waals surface area contributed by atoms with Crippen LogP contribution in [0, 0.1) is 0 Å². The van der Waals surface area contributed by atoms with E-state index in [4.69, 9.17) is 16.3 Å². The number of thiophene rings is 1. The molecule has 6 nitrogen and oxygen atoms in total. The number of rotatable bonds is 4. The van der Waals surface area contributed by atoms with Crippen molar-refractivity contribution in [3.63, 3.8) is 0 Å². The van der Waals surface area contributed by atoms with Gasteiger partial charge in [0.05, 0.1) is 28.5 Å². The van der Waals surface area contributed by atoms with Crippen LogP contribution in [0.4, 0.5) is 5.13 Å². The van der Waals surface area contributed by atoms with Crippen LogP contribution < -0.4 is 9.64 Å². The van der Waals surface area contributed by atoms with Gasteiger partial charge in [-0.15, -0.1) is 11.3 Å². The van der Waals surface area contributed by atoms with Crippen LogP contribution in [0.2, 0.25) is 5.02 Å². The molecule has 9 heteroatoms. The first-order valence-electron chi connectivity index (χ1n) is 11.2. The van der Waals surface area contributed by atoms with Crippen molar-refractivity contribution < 1.29 is 19.4 Å². The van der Waals surface area contributed by atoms with E-state index in [0.29, 0.717) is 27.0 Å². The van der Waals surface area contributed by atoms with Gasteiger partial charge in [0.1, 0.15) is 17.6 Å². The van der Waals surface area contributed by atoms with Crippen LogP contribution in [-0.4, -0.2) is 28.9 Å². The maximum absolute atomic E-state index is 13.5. The minimum atomic E-state index is -0.830. The molecule has 1 aliphatic heterocycles. The first kappa shape index (κ1) is 24.5. The number of thiazole rings is 1. The van der Waals surface area contributed by atoms with Crippen LogP contribution >= 0.6 is 34.3 Å². The highest BCUT2D eigenvalue weighted by atomic mass is 35.5. The quantitative estimate of drug-likeness (QED) is 0.173. The largest absolute Gasteiger partial charge is 0.507 e. The molecule has 1 amide bonds. The number of aromatic nitrogens is 1. The number of carbonyl (C=O) groups excluding carboxylic acids is 2. The smallest absolute Gasteiger partial charge is 0.301 e. The molecule has 1 fully saturated rings. The molecule has 1 saturated heterocycles. The third kappa shape index (κ3) is 4.09. The van der Waals surface area contributed by atoms with E-state index < -0.39 is 17.7 Å². The fourth-order valence-electron chi connectivity index (χ4n) is 4.24. The molecule has 0 radical (unpaired) electrons. The average Bonchev–Trinajstić information content (AvgIpc) is 3.56. The lowest BCUT2D eigenvalue weighted by molar-refractivity contribution is -0.132. The zero-order chi connectivity index (χ0) is 25.8. The number of ketones is 1. The number of benzene rings is 2. The van der Waals surface area contributed by atoms with E-state index in [-0.39, 0.29) is 16.7 Å². The summed E-state index contributed by atoms with van der Waals surface area (Å²) in [5.74, 6) is -1.38. The summed E-state index contributed by atoms with van der Waals surface area (Å²) >= 11 is 8.82. The molecule has 2 aromatic carbocycles. The van der Waals surface area contributed by atoms with Crippen LogP contribution in [0.15, 0.2) is 59.5 Å². The maximum Gasteiger partial charge on any atom is 0.301 e. The average molecular weight is 539 g/mol. The molecule has 0 aliphatic carbocycles. The number of aliphatic hydroxyl groups excluding tert-OH is 1. The molecule has 184 valence electrons. The van der Waals surface area contributed by atoms with Gasteiger partial charge in [0.25, 0.3) is 5.78 Å². The molecule has 36 heavy (non-hydrogen) atoms. The van der Waals surface area contributed by atoms with Gasteiger partial charge in [-0.25, -0.2) is 4.98 Å². The van der Waals surface area contributed by atoms with Gasteiger partial charge in [0.15, 0.2) is 5.13 Å². The van der Waals surface area contributed by atoms with Crippen LogP contribution in [0.25, 0.3) is 16.0 Å². The zero-order valence-electron chi connectivity index (χ0n) is 20.0. The maximum atomic E-state index is 13.5. The van der Waals surface area contributed by atoms with Crippen molar-refractivity contribution in [3.8, 4) is 5.75 Å². The Hall–Kier alpha value is -3.20. The Morgan fingerprint density at radius 2 is 1.92 bits per heavy atom. The predicted octanol–water partition coefficient (Wildman–Crippen LogP) is 6.94. The van der Waals surface area contributed by atoms with Gasteiger partial charge in [-0.05, 0) is 52.8 Å². The lowest BCUT2D eigenvalue weighted by Crippen LogP contribution is -2.28. The number of nitrogens with zero attached hydrogens (tertiary/aromatic N) is 2. The van der Waals surface area contributed by atoms with Crippen molar-refractivity contribution in [2.75, 3.05) is 12.0 Å². The molecule has 5 rings (SSSR count). The molecule has 0 saturated carbocycles. The predicted molar refractivity (Wildman–Crippen MR) is 145 cm³/mol. The summed E-state index contributed by atoms with van der Waals surface area (Å²) in [7, 11) is 1.50. The van der Waals surface area contributed by atoms with Crippen molar-refractivity contribution in [2.45, 2.75) is 32.2 Å². The van der Waals surface area contributed by atoms with Crippen LogP contribution in [0.1, 0.15) is 42.8 Å². The summed E-state index contributed by atoms with van der Waals surface area (Å²) in [5, 5.41) is 14.4. The van der Waals surface area contributed by atoms with Gasteiger partial charge >= 0.3 is 5.91 Å². The fourth-order valence-corrected chi connectivity index (χ4v) is 6.33. The molecule has 2 aromatic heterocycles. The number of halogens is 1. The second-order valence-electron chi connectivity index (χ2n) is 9.46. The summed E-state index contributed by atoms with van der Waals surface area (Å²) in [6, 6.07) is 13.6. The van der Waals surface area contributed by atoms with Crippen molar-refractivity contribution >= 4 is 67.1 Å². The number of fused-ring (bicyclic) bond motifs is 1. The summed E-state index contributed by atoms with van der Waals surface area (Å²) in [6.07, 6.45) is 0. The van der Waals surface area contributed by atoms with Crippen molar-refractivity contribution in [2.24, 2.45) is 0 Å². The van der Waals surface area contributed by atoms with E-state index in [1.165, 1.54) is 34.7 Å². The van der Waals surface area contributed by atoms with Crippen molar-refractivity contribution in [1.82, 2.24) is 4.98 Å². The lowest BCUT2D eigenvalue weighted by Gasteiger charge is -2.23. The highest BCUT2D eigenvalue weighted by Gasteiger charge is 2.49. The van der Waals surface area contributed by atoms with Crippen molar-refractivity contribution in [3.05, 3.63) is 80.5 Å². The molecule has 1 unspecified atom stereocenters. The molecular formula is C27H23ClN2O4S2. The molecule has 1 N–H and O–H groups in total. The third-order valence-electron chi connectivity index (χ3n) is 6.12. The number of aliphatic hydroxyl groups is 1. The number of carbonyl (C=O) groups is 2. The third-order valence-corrected chi connectivity index (χ3v) is 8.30. The van der Waals surface area contributed by atoms with Gasteiger partial charge in [0.2, 0.25) is 0 Å². The van der Waals surface area contributed by atoms with Crippen molar-refractivity contribution in [1.29, 1.82) is 0 Å². The summed E-state index contributed by atoms with van der Waals surface area (Å²) in [5.41, 5.74) is 1.79. The normalized spacial score (nSPS) is 17.8. The highest BCUT2D eigenvalue weighted by Crippen LogP contribution is 2.46. The van der Waals surface area contributed by atoms with Gasteiger partial charge in [0, 0.05) is 9.90 Å². The van der Waals surface area contributed by atoms with Gasteiger partial charge in [-0.3, -0.25) is 14.5 Å². The summed E-state index contributed by atoms with van der Waals surface area (Å²) in [4.78, 5) is 33.6. The zero-order valence-corrected chi connectivity index (χ0v) is 22.4. The van der Waals surface area contributed by atoms with E-state index in [1.54, 1.807) is 24.3 Å². The number of hydrogen-bond donors (Lipinski definition) is 1. The summed E-state index contributed by atoms with van der Waals surface area (Å²) < 4.78 is 6.32. The second kappa shape index (κ2) is 9.03. The minimum absolute atomic E-state index is 0.00379. The van der Waals surface area contributed by atoms with Crippen LogP contribution in [0.5, 0.6) is 5.75 Å². The lowest BCUT2D eigenvalue weighted by atomic mass is 9.85. The molecule has 0 bridgehead atoms. The van der Waals surface area contributed by atoms with Crippen LogP contribution in [-0.2, 0) is 15.0 Å². The van der Waals surface area contributed by atoms with E-state index in [0.717, 1.165) is 15.1 Å². The Morgan fingerprint density at radius 1 is 1.14 bits per heavy atom. The highest BCUT2D eigenvalue weighted by molar-refractivity contribution is 7.22. The molecular weight excluding hydrogens is 516 g/mol. The number of Topliss-reactive ketones (excluding diaryl/α,β-unsaturated/α-hetero) is 1. The molecule has 4 aromatic rings. The standard InChI is InChI=1S/C27H23ClN2O4S2/c1-27(2,3)14-7-10-18(34-4)16(12-14)23(31)21-22(19-6-5-11-35-19)30(25(33)24(21)32)26-29-17-9-8-15(28)13-20(17)36-26/h5-13,22,31H,1-4H3/b23-21+. The van der Waals surface area contributed by atoms with E-state index >= 15 is 0 Å². The van der Waals surface area contributed by atoms with E-state index in [2.05, 4.69) is 25.8 Å². The fraction of sp³-hybridized carbons (Fsp3) is 0.222. The summed E-state index contributed by atoms with van der Waals surface area (Å²) in [6.45, 7) is 6.17. The topological polar surface area (TPSA) is 79.7 Å². The van der Waals surface area contributed by atoms with Crippen LogP contribution in [0.3, 0.4) is 0 Å². The molecule has 1 atom stereocenters.